The fourth-order valence-electron chi connectivity index (χ4n) is 3.24. The molecule has 2 heterocycles. The molecule has 0 N–H and O–H groups in total. The van der Waals surface area contributed by atoms with Gasteiger partial charge in [0.15, 0.2) is 0 Å². The number of hydrogen-bond donors (Lipinski definition) is 0. The minimum absolute atomic E-state index is 0.0108. The van der Waals surface area contributed by atoms with Crippen LogP contribution in [0, 0.1) is 0 Å². The van der Waals surface area contributed by atoms with Crippen LogP contribution in [0.15, 0.2) is 35.4 Å². The van der Waals surface area contributed by atoms with Crippen molar-refractivity contribution in [3.05, 3.63) is 62.5 Å². The second kappa shape index (κ2) is 5.87. The highest BCUT2D eigenvalue weighted by molar-refractivity contribution is 7.18. The van der Waals surface area contributed by atoms with E-state index in [1.54, 1.807) is 34.4 Å². The lowest BCUT2D eigenvalue weighted by Crippen LogP contribution is -2.23. The maximum atomic E-state index is 12.9. The minimum Gasteiger partial charge on any atom is -0.545 e. The number of carbonyl (C=O) groups excluding carboxylic acids is 1. The van der Waals surface area contributed by atoms with Crippen LogP contribution < -0.4 is 10.7 Å². The maximum Gasteiger partial charge on any atom is 0.262 e. The Balaban J connectivity index is 1.73. The van der Waals surface area contributed by atoms with E-state index in [0.717, 1.165) is 35.0 Å². The first-order valence-electron chi connectivity index (χ1n) is 7.93. The molecule has 0 saturated heterocycles. The van der Waals surface area contributed by atoms with Crippen LogP contribution in [0.1, 0.15) is 39.2 Å². The number of carboxylic acid groups (broad SMARTS) is 1. The van der Waals surface area contributed by atoms with Crippen molar-refractivity contribution in [2.24, 2.45) is 0 Å². The summed E-state index contributed by atoms with van der Waals surface area (Å²) >= 11 is 1.64. The molecule has 1 aromatic carbocycles. The highest BCUT2D eigenvalue weighted by Gasteiger charge is 2.19. The van der Waals surface area contributed by atoms with Crippen molar-refractivity contribution < 1.29 is 9.90 Å². The third kappa shape index (κ3) is 2.53. The van der Waals surface area contributed by atoms with Gasteiger partial charge in [-0.05, 0) is 42.4 Å². The second-order valence-electron chi connectivity index (χ2n) is 6.05. The first-order valence-corrected chi connectivity index (χ1v) is 8.75. The van der Waals surface area contributed by atoms with Crippen LogP contribution in [-0.2, 0) is 19.4 Å². The Morgan fingerprint density at radius 1 is 1.21 bits per heavy atom. The number of fused-ring (bicyclic) bond motifs is 3. The summed E-state index contributed by atoms with van der Waals surface area (Å²) < 4.78 is 1.60. The lowest BCUT2D eigenvalue weighted by atomic mass is 9.97. The summed E-state index contributed by atoms with van der Waals surface area (Å²) in [6, 6.07) is 6.39. The zero-order valence-corrected chi connectivity index (χ0v) is 13.8. The molecule has 0 radical (unpaired) electrons. The molecule has 0 amide bonds. The number of aromatic carboxylic acids is 1. The van der Waals surface area contributed by atoms with Crippen LogP contribution in [0.25, 0.3) is 10.2 Å². The number of carbonyl (C=O) groups is 1. The van der Waals surface area contributed by atoms with Crippen molar-refractivity contribution in [3.63, 3.8) is 0 Å². The second-order valence-corrected chi connectivity index (χ2v) is 7.14. The van der Waals surface area contributed by atoms with Crippen molar-refractivity contribution in [1.29, 1.82) is 0 Å². The molecule has 0 aliphatic heterocycles. The number of benzene rings is 1. The van der Waals surface area contributed by atoms with Gasteiger partial charge in [0.05, 0.1) is 24.2 Å². The highest BCUT2D eigenvalue weighted by atomic mass is 32.1. The Kier molecular flexibility index (Phi) is 3.69. The summed E-state index contributed by atoms with van der Waals surface area (Å²) in [6.07, 6.45) is 5.88. The summed E-state index contributed by atoms with van der Waals surface area (Å²) in [6.45, 7) is 0.375. The molecular weight excluding hydrogens is 324 g/mol. The van der Waals surface area contributed by atoms with Crippen molar-refractivity contribution in [2.45, 2.75) is 32.2 Å². The Bertz CT molecular complexity index is 986. The molecule has 0 spiro atoms. The molecule has 0 atom stereocenters. The Morgan fingerprint density at radius 2 is 1.96 bits per heavy atom. The predicted molar refractivity (Wildman–Crippen MR) is 90.4 cm³/mol. The van der Waals surface area contributed by atoms with Crippen molar-refractivity contribution in [3.8, 4) is 0 Å². The van der Waals surface area contributed by atoms with Gasteiger partial charge in [-0.25, -0.2) is 4.98 Å². The van der Waals surface area contributed by atoms with Crippen LogP contribution in [-0.4, -0.2) is 15.5 Å². The summed E-state index contributed by atoms with van der Waals surface area (Å²) in [5.41, 5.74) is 2.16. The molecule has 2 aromatic heterocycles. The molecule has 1 aliphatic rings. The van der Waals surface area contributed by atoms with Gasteiger partial charge in [0, 0.05) is 4.88 Å². The summed E-state index contributed by atoms with van der Waals surface area (Å²) in [7, 11) is 0. The fraction of sp³-hybridized carbons (Fsp3) is 0.278. The van der Waals surface area contributed by atoms with E-state index in [9.17, 15) is 14.7 Å². The molecule has 0 fully saturated rings. The van der Waals surface area contributed by atoms with Gasteiger partial charge in [-0.2, -0.15) is 0 Å². The normalized spacial score (nSPS) is 13.8. The van der Waals surface area contributed by atoms with Crippen molar-refractivity contribution in [2.75, 3.05) is 0 Å². The standard InChI is InChI=1S/C18H16N2O3S/c21-17-15-13-3-1-2-4-14(13)24-16(15)19-10-20(17)9-11-5-7-12(8-6-11)18(22)23/h5-8,10H,1-4,9H2,(H,22,23)/p-1. The van der Waals surface area contributed by atoms with Gasteiger partial charge in [0.1, 0.15) is 4.83 Å². The molecule has 1 aliphatic carbocycles. The first kappa shape index (κ1) is 15.1. The number of rotatable bonds is 3. The van der Waals surface area contributed by atoms with E-state index >= 15 is 0 Å². The van der Waals surface area contributed by atoms with Gasteiger partial charge in [-0.15, -0.1) is 11.3 Å². The Morgan fingerprint density at radius 3 is 2.71 bits per heavy atom. The quantitative estimate of drug-likeness (QED) is 0.728. The van der Waals surface area contributed by atoms with Crippen LogP contribution >= 0.6 is 11.3 Å². The van der Waals surface area contributed by atoms with Gasteiger partial charge in [0.25, 0.3) is 5.56 Å². The van der Waals surface area contributed by atoms with Gasteiger partial charge in [-0.3, -0.25) is 9.36 Å². The Labute approximate surface area is 142 Å². The molecule has 24 heavy (non-hydrogen) atoms. The van der Waals surface area contributed by atoms with Gasteiger partial charge in [-0.1, -0.05) is 24.3 Å². The zero-order chi connectivity index (χ0) is 16.7. The minimum atomic E-state index is -1.20. The summed E-state index contributed by atoms with van der Waals surface area (Å²) in [5.74, 6) is -1.20. The van der Waals surface area contributed by atoms with E-state index in [1.165, 1.54) is 29.0 Å². The van der Waals surface area contributed by atoms with E-state index in [0.29, 0.717) is 6.54 Å². The molecule has 3 aromatic rings. The smallest absolute Gasteiger partial charge is 0.262 e. The zero-order valence-electron chi connectivity index (χ0n) is 12.9. The molecule has 4 rings (SSSR count). The number of aryl methyl sites for hydroxylation is 2. The SMILES string of the molecule is O=C([O-])c1ccc(Cn2cnc3sc4c(c3c2=O)CCCC4)cc1. The maximum absolute atomic E-state index is 12.9. The third-order valence-corrected chi connectivity index (χ3v) is 5.68. The van der Waals surface area contributed by atoms with E-state index in [2.05, 4.69) is 4.98 Å². The van der Waals surface area contributed by atoms with E-state index in [-0.39, 0.29) is 11.1 Å². The number of thiophene rings is 1. The number of hydrogen-bond acceptors (Lipinski definition) is 5. The summed E-state index contributed by atoms with van der Waals surface area (Å²) in [4.78, 5) is 30.3. The molecule has 0 saturated carbocycles. The Hall–Kier alpha value is -2.47. The number of carboxylic acids is 1. The molecular formula is C18H15N2O3S-. The van der Waals surface area contributed by atoms with Crippen molar-refractivity contribution in [1.82, 2.24) is 9.55 Å². The van der Waals surface area contributed by atoms with E-state index < -0.39 is 5.97 Å². The summed E-state index contributed by atoms with van der Waals surface area (Å²) in [5, 5.41) is 11.6. The average molecular weight is 339 g/mol. The molecule has 6 heteroatoms. The average Bonchev–Trinajstić information content (AvgIpc) is 2.97. The van der Waals surface area contributed by atoms with Crippen LogP contribution in [0.3, 0.4) is 0 Å². The van der Waals surface area contributed by atoms with Crippen LogP contribution in [0.5, 0.6) is 0 Å². The van der Waals surface area contributed by atoms with Crippen molar-refractivity contribution >= 4 is 27.5 Å². The third-order valence-electron chi connectivity index (χ3n) is 4.48. The van der Waals surface area contributed by atoms with Gasteiger partial charge >= 0.3 is 0 Å². The monoisotopic (exact) mass is 339 g/mol. The van der Waals surface area contributed by atoms with E-state index in [1.807, 2.05) is 0 Å². The largest absolute Gasteiger partial charge is 0.545 e. The van der Waals surface area contributed by atoms with E-state index in [4.69, 9.17) is 0 Å². The number of aromatic nitrogens is 2. The highest BCUT2D eigenvalue weighted by Crippen LogP contribution is 2.33. The lowest BCUT2D eigenvalue weighted by Gasteiger charge is -2.11. The fourth-order valence-corrected chi connectivity index (χ4v) is 4.46. The molecule has 5 nitrogen and oxygen atoms in total. The van der Waals surface area contributed by atoms with Gasteiger partial charge < -0.3 is 9.90 Å². The molecule has 0 unspecified atom stereocenters. The van der Waals surface area contributed by atoms with Crippen LogP contribution in [0.2, 0.25) is 0 Å². The lowest BCUT2D eigenvalue weighted by molar-refractivity contribution is -0.255. The van der Waals surface area contributed by atoms with Gasteiger partial charge in [0.2, 0.25) is 0 Å². The van der Waals surface area contributed by atoms with Crippen LogP contribution in [0.4, 0.5) is 0 Å². The first-order chi connectivity index (χ1) is 11.6. The number of nitrogens with zero attached hydrogens (tertiary/aromatic N) is 2. The molecule has 0 bridgehead atoms. The topological polar surface area (TPSA) is 75.0 Å². The molecule has 122 valence electrons. The predicted octanol–water partition coefficient (Wildman–Crippen LogP) is 1.75.